The highest BCUT2D eigenvalue weighted by molar-refractivity contribution is 7.84. The zero-order valence-corrected chi connectivity index (χ0v) is 13.8. The number of carbonyl (C=O) groups excluding carboxylic acids is 1. The first kappa shape index (κ1) is 20.4. The smallest absolute Gasteiger partial charge is 0.413 e. The number of hydrogen-bond acceptors (Lipinski definition) is 5. The molecule has 0 aliphatic rings. The maximum absolute atomic E-state index is 12.3. The van der Waals surface area contributed by atoms with Gasteiger partial charge in [-0.1, -0.05) is 6.92 Å². The molecule has 0 bridgehead atoms. The van der Waals surface area contributed by atoms with Gasteiger partial charge >= 0.3 is 12.1 Å². The summed E-state index contributed by atoms with van der Waals surface area (Å²) < 4.78 is 41.8. The quantitative estimate of drug-likeness (QED) is 0.344. The van der Waals surface area contributed by atoms with Gasteiger partial charge in [-0.15, -0.1) is 12.6 Å². The van der Waals surface area contributed by atoms with Crippen molar-refractivity contribution in [1.82, 2.24) is 0 Å². The third-order valence-electron chi connectivity index (χ3n) is 2.37. The van der Waals surface area contributed by atoms with Gasteiger partial charge in [-0.3, -0.25) is 4.99 Å². The minimum absolute atomic E-state index is 0.0127. The number of hydrogen-bond donors (Lipinski definition) is 1. The van der Waals surface area contributed by atoms with E-state index in [9.17, 15) is 18.0 Å². The summed E-state index contributed by atoms with van der Waals surface area (Å²) in [6, 6.07) is 0. The fourth-order valence-corrected chi connectivity index (χ4v) is 1.22. The van der Waals surface area contributed by atoms with Gasteiger partial charge in [0.15, 0.2) is 5.70 Å². The number of ether oxygens (including phenoxy) is 1. The van der Waals surface area contributed by atoms with E-state index >= 15 is 0 Å². The van der Waals surface area contributed by atoms with Gasteiger partial charge < -0.3 is 4.74 Å². The molecule has 22 heavy (non-hydrogen) atoms. The number of nitrogens with zero attached hydrogens (tertiary/aromatic N) is 2. The summed E-state index contributed by atoms with van der Waals surface area (Å²) in [6.45, 7) is 6.01. The molecule has 0 heterocycles. The molecule has 0 unspecified atom stereocenters. The summed E-state index contributed by atoms with van der Waals surface area (Å²) in [7, 11) is 0. The summed E-state index contributed by atoms with van der Waals surface area (Å²) in [4.78, 5) is 19.7. The standard InChI is InChI=1S/C14H19F3N2O2S/c1-5-11(22)12(13(20)21-6-2)19-8-10(4)18-7-9(3)14(15,16)17/h7-8,22H,5-6H2,1-4H3/b9-7+,12-11-,18-10+,19-8+. The molecule has 0 spiro atoms. The zero-order chi connectivity index (χ0) is 17.3. The van der Waals surface area contributed by atoms with Crippen LogP contribution in [0.15, 0.2) is 32.4 Å². The van der Waals surface area contributed by atoms with Gasteiger partial charge in [-0.05, 0) is 27.2 Å². The summed E-state index contributed by atoms with van der Waals surface area (Å²) in [6.07, 6.45) is -2.05. The van der Waals surface area contributed by atoms with Crippen LogP contribution in [-0.2, 0) is 9.53 Å². The lowest BCUT2D eigenvalue weighted by molar-refractivity contribution is -0.138. The molecule has 0 aliphatic heterocycles. The van der Waals surface area contributed by atoms with Crippen molar-refractivity contribution < 1.29 is 22.7 Å². The van der Waals surface area contributed by atoms with Gasteiger partial charge in [0.2, 0.25) is 0 Å². The number of rotatable bonds is 6. The van der Waals surface area contributed by atoms with Crippen LogP contribution in [0.3, 0.4) is 0 Å². The molecule has 0 N–H and O–H groups in total. The van der Waals surface area contributed by atoms with Crippen molar-refractivity contribution in [3.8, 4) is 0 Å². The molecular weight excluding hydrogens is 317 g/mol. The predicted molar refractivity (Wildman–Crippen MR) is 84.3 cm³/mol. The fourth-order valence-electron chi connectivity index (χ4n) is 1.08. The maximum Gasteiger partial charge on any atom is 0.413 e. The second-order valence-corrected chi connectivity index (χ2v) is 4.75. The maximum atomic E-state index is 12.3. The Balaban J connectivity index is 5.24. The van der Waals surface area contributed by atoms with E-state index in [1.54, 1.807) is 13.8 Å². The average molecular weight is 336 g/mol. The van der Waals surface area contributed by atoms with Crippen LogP contribution >= 0.6 is 12.6 Å². The van der Waals surface area contributed by atoms with E-state index in [1.807, 2.05) is 0 Å². The molecule has 0 atom stereocenters. The van der Waals surface area contributed by atoms with Crippen LogP contribution in [0.2, 0.25) is 0 Å². The van der Waals surface area contributed by atoms with Crippen molar-refractivity contribution in [2.75, 3.05) is 6.61 Å². The Morgan fingerprint density at radius 1 is 1.27 bits per heavy atom. The van der Waals surface area contributed by atoms with Crippen LogP contribution in [0.4, 0.5) is 13.2 Å². The van der Waals surface area contributed by atoms with E-state index in [0.29, 0.717) is 17.5 Å². The molecule has 0 amide bonds. The van der Waals surface area contributed by atoms with Crippen LogP contribution in [-0.4, -0.2) is 30.7 Å². The van der Waals surface area contributed by atoms with Crippen LogP contribution in [0.5, 0.6) is 0 Å². The van der Waals surface area contributed by atoms with Crippen molar-refractivity contribution in [2.45, 2.75) is 40.3 Å². The first-order chi connectivity index (χ1) is 10.1. The van der Waals surface area contributed by atoms with E-state index in [1.165, 1.54) is 13.1 Å². The largest absolute Gasteiger partial charge is 0.461 e. The number of thiol groups is 1. The molecule has 0 radical (unpaired) electrons. The second kappa shape index (κ2) is 9.45. The van der Waals surface area contributed by atoms with Gasteiger partial charge in [-0.25, -0.2) is 9.79 Å². The third kappa shape index (κ3) is 7.44. The molecule has 124 valence electrons. The SMILES string of the molecule is CCOC(=O)C(/N=C/C(C)=N/C=C(\C)C(F)(F)F)=C(/S)CC. The van der Waals surface area contributed by atoms with E-state index in [0.717, 1.165) is 6.92 Å². The van der Waals surface area contributed by atoms with E-state index < -0.39 is 17.7 Å². The summed E-state index contributed by atoms with van der Waals surface area (Å²) >= 11 is 4.15. The minimum atomic E-state index is -4.42. The van der Waals surface area contributed by atoms with E-state index in [-0.39, 0.29) is 18.0 Å². The Kier molecular flexibility index (Phi) is 8.77. The van der Waals surface area contributed by atoms with Gasteiger partial charge in [0.1, 0.15) is 0 Å². The minimum Gasteiger partial charge on any atom is -0.461 e. The van der Waals surface area contributed by atoms with Gasteiger partial charge in [0, 0.05) is 22.9 Å². The molecule has 4 nitrogen and oxygen atoms in total. The highest BCUT2D eigenvalue weighted by atomic mass is 32.1. The zero-order valence-electron chi connectivity index (χ0n) is 12.9. The lowest BCUT2D eigenvalue weighted by atomic mass is 10.3. The molecule has 0 rings (SSSR count). The van der Waals surface area contributed by atoms with Gasteiger partial charge in [0.25, 0.3) is 0 Å². The monoisotopic (exact) mass is 336 g/mol. The summed E-state index contributed by atoms with van der Waals surface area (Å²) in [5.74, 6) is -0.639. The normalized spacial score (nSPS) is 15.1. The molecule has 0 fully saturated rings. The Hall–Kier alpha value is -1.57. The van der Waals surface area contributed by atoms with Crippen LogP contribution in [0.1, 0.15) is 34.1 Å². The highest BCUT2D eigenvalue weighted by Crippen LogP contribution is 2.24. The highest BCUT2D eigenvalue weighted by Gasteiger charge is 2.29. The molecule has 0 aromatic rings. The van der Waals surface area contributed by atoms with Gasteiger partial charge in [0.05, 0.1) is 12.3 Å². The fraction of sp³-hybridized carbons (Fsp3) is 0.500. The Labute approximate surface area is 133 Å². The van der Waals surface area contributed by atoms with Crippen molar-refractivity contribution in [1.29, 1.82) is 0 Å². The predicted octanol–water partition coefficient (Wildman–Crippen LogP) is 4.10. The molecule has 0 aliphatic carbocycles. The first-order valence-electron chi connectivity index (χ1n) is 6.55. The Morgan fingerprint density at radius 2 is 1.86 bits per heavy atom. The molecule has 0 saturated heterocycles. The van der Waals surface area contributed by atoms with Crippen molar-refractivity contribution >= 4 is 30.5 Å². The van der Waals surface area contributed by atoms with Crippen LogP contribution < -0.4 is 0 Å². The van der Waals surface area contributed by atoms with Crippen molar-refractivity contribution in [3.05, 3.63) is 22.4 Å². The Morgan fingerprint density at radius 3 is 2.32 bits per heavy atom. The van der Waals surface area contributed by atoms with E-state index in [4.69, 9.17) is 4.74 Å². The molecule has 8 heteroatoms. The lowest BCUT2D eigenvalue weighted by Gasteiger charge is -2.05. The lowest BCUT2D eigenvalue weighted by Crippen LogP contribution is -2.09. The Bertz CT molecular complexity index is 521. The molecule has 0 saturated carbocycles. The van der Waals surface area contributed by atoms with Crippen molar-refractivity contribution in [2.24, 2.45) is 9.98 Å². The first-order valence-corrected chi connectivity index (χ1v) is 6.99. The summed E-state index contributed by atoms with van der Waals surface area (Å²) in [5.41, 5.74) is -0.605. The van der Waals surface area contributed by atoms with Crippen LogP contribution in [0, 0.1) is 0 Å². The van der Waals surface area contributed by atoms with Gasteiger partial charge in [-0.2, -0.15) is 13.2 Å². The third-order valence-corrected chi connectivity index (χ3v) is 2.89. The number of esters is 1. The molecule has 0 aromatic carbocycles. The number of allylic oxidation sites excluding steroid dienone is 2. The summed E-state index contributed by atoms with van der Waals surface area (Å²) in [5, 5.41) is 0. The topological polar surface area (TPSA) is 51.0 Å². The van der Waals surface area contributed by atoms with Crippen LogP contribution in [0.25, 0.3) is 0 Å². The second-order valence-electron chi connectivity index (χ2n) is 4.21. The molecule has 0 aromatic heterocycles. The number of alkyl halides is 3. The van der Waals surface area contributed by atoms with E-state index in [2.05, 4.69) is 22.6 Å². The molecular formula is C14H19F3N2O2S. The number of aliphatic imine (C=N–C) groups is 2. The van der Waals surface area contributed by atoms with Crippen molar-refractivity contribution in [3.63, 3.8) is 0 Å². The number of halogens is 3. The average Bonchev–Trinajstić information content (AvgIpc) is 2.43. The number of carbonyl (C=O) groups is 1.